The maximum atomic E-state index is 13.4. The van der Waals surface area contributed by atoms with Crippen LogP contribution in [0.25, 0.3) is 0 Å². The first-order chi connectivity index (χ1) is 8.59. The molecule has 0 bridgehead atoms. The van der Waals surface area contributed by atoms with Crippen LogP contribution in [0.5, 0.6) is 0 Å². The first-order valence-electron chi connectivity index (χ1n) is 5.78. The standard InChI is InChI=1S/C13H15FIN3/c1-9(2)18-8-16-6-10(18)7-17-12-5-3-4-11(14)13(12)15/h3-6,8-9,17H,7H2,1-2H3. The zero-order chi connectivity index (χ0) is 13.1. The van der Waals surface area contributed by atoms with E-state index in [1.165, 1.54) is 6.07 Å². The summed E-state index contributed by atoms with van der Waals surface area (Å²) in [6.45, 7) is 4.85. The number of rotatable bonds is 4. The molecule has 5 heteroatoms. The number of benzene rings is 1. The number of aromatic nitrogens is 2. The molecule has 1 heterocycles. The van der Waals surface area contributed by atoms with Crippen molar-refractivity contribution < 1.29 is 4.39 Å². The summed E-state index contributed by atoms with van der Waals surface area (Å²) >= 11 is 2.01. The average molecular weight is 359 g/mol. The van der Waals surface area contributed by atoms with Gasteiger partial charge in [-0.05, 0) is 48.6 Å². The molecule has 1 aromatic carbocycles. The molecule has 0 atom stereocenters. The lowest BCUT2D eigenvalue weighted by Crippen LogP contribution is -2.09. The fourth-order valence-electron chi connectivity index (χ4n) is 1.76. The van der Waals surface area contributed by atoms with E-state index in [4.69, 9.17) is 0 Å². The molecule has 0 unspecified atom stereocenters. The molecule has 96 valence electrons. The van der Waals surface area contributed by atoms with Gasteiger partial charge in [0.05, 0.1) is 27.8 Å². The average Bonchev–Trinajstić information content (AvgIpc) is 2.79. The largest absolute Gasteiger partial charge is 0.378 e. The Morgan fingerprint density at radius 1 is 1.44 bits per heavy atom. The van der Waals surface area contributed by atoms with Crippen LogP contribution in [0.2, 0.25) is 0 Å². The Balaban J connectivity index is 2.12. The Labute approximate surface area is 120 Å². The van der Waals surface area contributed by atoms with Gasteiger partial charge in [0.1, 0.15) is 5.82 Å². The second-order valence-electron chi connectivity index (χ2n) is 4.34. The molecule has 1 N–H and O–H groups in total. The van der Waals surface area contributed by atoms with Gasteiger partial charge in [-0.15, -0.1) is 0 Å². The summed E-state index contributed by atoms with van der Waals surface area (Å²) in [6, 6.07) is 5.42. The molecule has 18 heavy (non-hydrogen) atoms. The highest BCUT2D eigenvalue weighted by Gasteiger charge is 2.07. The number of imidazole rings is 1. The predicted molar refractivity (Wildman–Crippen MR) is 79.1 cm³/mol. The SMILES string of the molecule is CC(C)n1cncc1CNc1cccc(F)c1I. The summed E-state index contributed by atoms with van der Waals surface area (Å²) in [5.41, 5.74) is 1.90. The molecule has 0 saturated heterocycles. The molecule has 2 aromatic rings. The summed E-state index contributed by atoms with van der Waals surface area (Å²) in [6.07, 6.45) is 3.65. The number of hydrogen-bond acceptors (Lipinski definition) is 2. The molecular weight excluding hydrogens is 344 g/mol. The van der Waals surface area contributed by atoms with Crippen LogP contribution >= 0.6 is 22.6 Å². The van der Waals surface area contributed by atoms with Crippen LogP contribution < -0.4 is 5.32 Å². The molecule has 1 aromatic heterocycles. The third-order valence-corrected chi connectivity index (χ3v) is 3.81. The summed E-state index contributed by atoms with van der Waals surface area (Å²) < 4.78 is 16.1. The lowest BCUT2D eigenvalue weighted by Gasteiger charge is -2.13. The number of nitrogens with zero attached hydrogens (tertiary/aromatic N) is 2. The van der Waals surface area contributed by atoms with Crippen molar-refractivity contribution in [3.63, 3.8) is 0 Å². The Morgan fingerprint density at radius 3 is 2.94 bits per heavy atom. The van der Waals surface area contributed by atoms with E-state index in [1.807, 2.05) is 41.2 Å². The summed E-state index contributed by atoms with van der Waals surface area (Å²) in [5.74, 6) is -0.196. The molecule has 0 radical (unpaired) electrons. The fourth-order valence-corrected chi connectivity index (χ4v) is 2.31. The van der Waals surface area contributed by atoms with E-state index >= 15 is 0 Å². The maximum Gasteiger partial charge on any atom is 0.138 e. The lowest BCUT2D eigenvalue weighted by atomic mass is 10.3. The van der Waals surface area contributed by atoms with E-state index in [-0.39, 0.29) is 5.82 Å². The van der Waals surface area contributed by atoms with E-state index in [0.29, 0.717) is 16.2 Å². The highest BCUT2D eigenvalue weighted by Crippen LogP contribution is 2.21. The fraction of sp³-hybridized carbons (Fsp3) is 0.308. The van der Waals surface area contributed by atoms with Crippen LogP contribution in [0, 0.1) is 9.39 Å². The van der Waals surface area contributed by atoms with Crippen LogP contribution in [0.1, 0.15) is 25.6 Å². The summed E-state index contributed by atoms with van der Waals surface area (Å²) in [4.78, 5) is 4.14. The van der Waals surface area contributed by atoms with Gasteiger partial charge in [0.15, 0.2) is 0 Å². The Bertz CT molecular complexity index is 537. The normalized spacial score (nSPS) is 10.9. The van der Waals surface area contributed by atoms with E-state index in [1.54, 1.807) is 6.07 Å². The molecular formula is C13H15FIN3. The second-order valence-corrected chi connectivity index (χ2v) is 5.42. The van der Waals surface area contributed by atoms with Crippen LogP contribution in [-0.2, 0) is 6.54 Å². The minimum Gasteiger partial charge on any atom is -0.378 e. The van der Waals surface area contributed by atoms with E-state index in [0.717, 1.165) is 11.4 Å². The Kier molecular flexibility index (Phi) is 4.21. The lowest BCUT2D eigenvalue weighted by molar-refractivity contribution is 0.577. The van der Waals surface area contributed by atoms with Gasteiger partial charge in [-0.25, -0.2) is 9.37 Å². The van der Waals surface area contributed by atoms with Crippen LogP contribution in [-0.4, -0.2) is 9.55 Å². The van der Waals surface area contributed by atoms with Crippen molar-refractivity contribution in [1.82, 2.24) is 9.55 Å². The zero-order valence-corrected chi connectivity index (χ0v) is 12.5. The molecule has 0 aliphatic carbocycles. The zero-order valence-electron chi connectivity index (χ0n) is 10.3. The molecule has 2 rings (SSSR count). The Hall–Kier alpha value is -1.11. The van der Waals surface area contributed by atoms with E-state index < -0.39 is 0 Å². The van der Waals surface area contributed by atoms with E-state index in [9.17, 15) is 4.39 Å². The van der Waals surface area contributed by atoms with Crippen molar-refractivity contribution in [3.05, 3.63) is 45.8 Å². The summed E-state index contributed by atoms with van der Waals surface area (Å²) in [5, 5.41) is 3.24. The van der Waals surface area contributed by atoms with Crippen molar-refractivity contribution in [2.75, 3.05) is 5.32 Å². The van der Waals surface area contributed by atoms with Gasteiger partial charge in [0.25, 0.3) is 0 Å². The van der Waals surface area contributed by atoms with Crippen LogP contribution in [0.3, 0.4) is 0 Å². The van der Waals surface area contributed by atoms with Gasteiger partial charge in [-0.3, -0.25) is 0 Å². The number of hydrogen-bond donors (Lipinski definition) is 1. The van der Waals surface area contributed by atoms with Gasteiger partial charge >= 0.3 is 0 Å². The van der Waals surface area contributed by atoms with Gasteiger partial charge in [-0.1, -0.05) is 6.07 Å². The minimum absolute atomic E-state index is 0.196. The van der Waals surface area contributed by atoms with Crippen molar-refractivity contribution in [3.8, 4) is 0 Å². The third-order valence-electron chi connectivity index (χ3n) is 2.71. The van der Waals surface area contributed by atoms with Crippen molar-refractivity contribution in [2.24, 2.45) is 0 Å². The monoisotopic (exact) mass is 359 g/mol. The Morgan fingerprint density at radius 2 is 2.22 bits per heavy atom. The van der Waals surface area contributed by atoms with Gasteiger partial charge in [0.2, 0.25) is 0 Å². The van der Waals surface area contributed by atoms with Crippen molar-refractivity contribution in [1.29, 1.82) is 0 Å². The third kappa shape index (κ3) is 2.82. The molecule has 0 fully saturated rings. The van der Waals surface area contributed by atoms with Crippen LogP contribution in [0.15, 0.2) is 30.7 Å². The van der Waals surface area contributed by atoms with Crippen LogP contribution in [0.4, 0.5) is 10.1 Å². The molecule has 0 aliphatic rings. The second kappa shape index (κ2) is 5.69. The van der Waals surface area contributed by atoms with Gasteiger partial charge in [0, 0.05) is 12.2 Å². The molecule has 3 nitrogen and oxygen atoms in total. The number of halogens is 2. The van der Waals surface area contributed by atoms with Gasteiger partial charge < -0.3 is 9.88 Å². The molecule has 0 aliphatic heterocycles. The van der Waals surface area contributed by atoms with E-state index in [2.05, 4.69) is 28.7 Å². The summed E-state index contributed by atoms with van der Waals surface area (Å²) in [7, 11) is 0. The first-order valence-corrected chi connectivity index (χ1v) is 6.86. The number of anilines is 1. The number of nitrogens with one attached hydrogen (secondary N) is 1. The van der Waals surface area contributed by atoms with Crippen molar-refractivity contribution >= 4 is 28.3 Å². The smallest absolute Gasteiger partial charge is 0.138 e. The maximum absolute atomic E-state index is 13.4. The van der Waals surface area contributed by atoms with Crippen molar-refractivity contribution in [2.45, 2.75) is 26.4 Å². The highest BCUT2D eigenvalue weighted by molar-refractivity contribution is 14.1. The predicted octanol–water partition coefficient (Wildman–Crippen LogP) is 3.82. The molecule has 0 amide bonds. The quantitative estimate of drug-likeness (QED) is 0.842. The minimum atomic E-state index is -0.196. The molecule has 0 spiro atoms. The highest BCUT2D eigenvalue weighted by atomic mass is 127. The topological polar surface area (TPSA) is 29.9 Å². The van der Waals surface area contributed by atoms with Gasteiger partial charge in [-0.2, -0.15) is 0 Å². The molecule has 0 saturated carbocycles. The first kappa shape index (κ1) is 13.3.